The quantitative estimate of drug-likeness (QED) is 0.0120. The summed E-state index contributed by atoms with van der Waals surface area (Å²) in [5.41, 5.74) is 0. The summed E-state index contributed by atoms with van der Waals surface area (Å²) < 4.78 is 37.1. The first-order valence-corrected chi connectivity index (χ1v) is 18.8. The molecular weight excluding hydrogens is 624 g/mol. The van der Waals surface area contributed by atoms with Crippen LogP contribution in [0.25, 0.3) is 0 Å². The molecule has 13 heteroatoms. The normalized spacial score (nSPS) is 13.7. The van der Waals surface area contributed by atoms with Crippen molar-refractivity contribution in [1.82, 2.24) is 0 Å². The van der Waals surface area contributed by atoms with Crippen molar-refractivity contribution in [1.29, 1.82) is 0 Å². The van der Waals surface area contributed by atoms with Gasteiger partial charge in [-0.25, -0.2) is 0 Å². The summed E-state index contributed by atoms with van der Waals surface area (Å²) in [4.78, 5) is 37.0. The number of aldehydes is 1. The molecule has 0 aliphatic carbocycles. The van der Waals surface area contributed by atoms with Crippen LogP contribution in [0.1, 0.15) is 142 Å². The predicted molar refractivity (Wildman–Crippen MR) is 172 cm³/mol. The summed E-state index contributed by atoms with van der Waals surface area (Å²) in [6, 6.07) is 0. The van der Waals surface area contributed by atoms with E-state index in [4.69, 9.17) is 18.5 Å². The third-order valence-corrected chi connectivity index (χ3v) is 8.38. The topological polar surface area (TPSA) is 146 Å². The van der Waals surface area contributed by atoms with Crippen LogP contribution < -0.4 is 39.7 Å². The van der Waals surface area contributed by atoms with E-state index >= 15 is 0 Å². The average molecular weight is 689 g/mol. The SMILES string of the molecule is CCCCCCCCCCCCCCCC(=O)OCC(COP(=O)([O-])OCC[N+](C)(C)C)OC(=O)CCCCCCCC=[O+][O-].[Na+]. The van der Waals surface area contributed by atoms with Gasteiger partial charge in [-0.2, -0.15) is 4.58 Å². The van der Waals surface area contributed by atoms with E-state index in [-0.39, 0.29) is 55.6 Å². The number of nitrogens with zero attached hydrogens (tertiary/aromatic N) is 1. The Balaban J connectivity index is 0. The maximum Gasteiger partial charge on any atom is 1.00 e. The van der Waals surface area contributed by atoms with Crippen molar-refractivity contribution in [3.8, 4) is 0 Å². The molecule has 0 bridgehead atoms. The molecule has 11 nitrogen and oxygen atoms in total. The van der Waals surface area contributed by atoms with Crippen LogP contribution in [0.2, 0.25) is 0 Å². The number of quaternary nitrogens is 1. The van der Waals surface area contributed by atoms with Gasteiger partial charge in [0.1, 0.15) is 19.8 Å². The van der Waals surface area contributed by atoms with E-state index in [2.05, 4.69) is 11.5 Å². The fraction of sp³-hybridized carbons (Fsp3) is 0.909. The standard InChI is InChI=1S/C33H64NO10P.Na/c1-5-6-7-8-9-10-11-12-13-14-15-18-21-24-32(35)40-29-31(30-43-45(38,39)42-28-26-34(2,3)4)44-33(36)25-22-19-16-17-20-23-27-41-37;/h27,31H,5-26,28-30H2,1-4H3;/q;+1. The van der Waals surface area contributed by atoms with Crippen LogP contribution in [-0.4, -0.2) is 76.3 Å². The first-order chi connectivity index (χ1) is 21.5. The number of phosphoric acid groups is 1. The first kappa shape index (κ1) is 47.6. The summed E-state index contributed by atoms with van der Waals surface area (Å²) in [7, 11) is 1.09. The van der Waals surface area contributed by atoms with Crippen molar-refractivity contribution in [3.63, 3.8) is 0 Å². The van der Waals surface area contributed by atoms with Crippen molar-refractivity contribution in [2.24, 2.45) is 0 Å². The Morgan fingerprint density at radius 1 is 0.739 bits per heavy atom. The second kappa shape index (κ2) is 31.7. The zero-order valence-electron chi connectivity index (χ0n) is 29.8. The van der Waals surface area contributed by atoms with E-state index in [0.29, 0.717) is 23.9 Å². The average Bonchev–Trinajstić information content (AvgIpc) is 2.97. The van der Waals surface area contributed by atoms with Gasteiger partial charge in [0.2, 0.25) is 0 Å². The zero-order chi connectivity index (χ0) is 33.7. The largest absolute Gasteiger partial charge is 1.00 e. The maximum atomic E-state index is 12.4. The summed E-state index contributed by atoms with van der Waals surface area (Å²) >= 11 is 0. The Bertz CT molecular complexity index is 810. The third-order valence-electron chi connectivity index (χ3n) is 7.41. The monoisotopic (exact) mass is 688 g/mol. The molecule has 0 amide bonds. The van der Waals surface area contributed by atoms with Gasteiger partial charge < -0.3 is 33.2 Å². The second-order valence-corrected chi connectivity index (χ2v) is 14.4. The van der Waals surface area contributed by atoms with Crippen molar-refractivity contribution in [2.45, 2.75) is 148 Å². The van der Waals surface area contributed by atoms with Crippen LogP contribution in [0.3, 0.4) is 0 Å². The predicted octanol–water partition coefficient (Wildman–Crippen LogP) is 2.88. The fourth-order valence-corrected chi connectivity index (χ4v) is 5.35. The second-order valence-electron chi connectivity index (χ2n) is 12.9. The number of phosphoric ester groups is 1. The molecule has 0 spiro atoms. The van der Waals surface area contributed by atoms with E-state index < -0.39 is 32.5 Å². The molecule has 0 aliphatic rings. The zero-order valence-corrected chi connectivity index (χ0v) is 32.7. The number of carbonyl (C=O) groups is 2. The number of unbranched alkanes of at least 4 members (excludes halogenated alkanes) is 17. The number of rotatable bonds is 32. The molecule has 0 saturated heterocycles. The third kappa shape index (κ3) is 34.8. The molecule has 0 N–H and O–H groups in total. The van der Waals surface area contributed by atoms with Crippen LogP contribution in [0, 0.1) is 0 Å². The Morgan fingerprint density at radius 3 is 1.72 bits per heavy atom. The fourth-order valence-electron chi connectivity index (χ4n) is 4.62. The molecule has 46 heavy (non-hydrogen) atoms. The van der Waals surface area contributed by atoms with E-state index in [0.717, 1.165) is 44.9 Å². The Hall–Kier alpha value is -0.520. The molecule has 266 valence electrons. The minimum Gasteiger partial charge on any atom is -0.756 e. The van der Waals surface area contributed by atoms with Gasteiger partial charge in [0, 0.05) is 12.8 Å². The molecule has 2 unspecified atom stereocenters. The van der Waals surface area contributed by atoms with Crippen LogP contribution in [-0.2, 0) is 37.3 Å². The van der Waals surface area contributed by atoms with Gasteiger partial charge >= 0.3 is 47.8 Å². The molecule has 0 rings (SSSR count). The van der Waals surface area contributed by atoms with Crippen molar-refractivity contribution >= 4 is 26.0 Å². The summed E-state index contributed by atoms with van der Waals surface area (Å²) in [6.07, 6.45) is 20.9. The molecule has 0 saturated carbocycles. The molecule has 0 heterocycles. The molecule has 0 aromatic carbocycles. The number of carbonyl (C=O) groups excluding carboxylic acids is 3. The van der Waals surface area contributed by atoms with Gasteiger partial charge in [0.15, 0.2) is 6.10 Å². The summed E-state index contributed by atoms with van der Waals surface area (Å²) in [6.45, 7) is 1.85. The maximum absolute atomic E-state index is 12.4. The van der Waals surface area contributed by atoms with Crippen LogP contribution >= 0.6 is 7.82 Å². The van der Waals surface area contributed by atoms with Crippen LogP contribution in [0.15, 0.2) is 0 Å². The van der Waals surface area contributed by atoms with E-state index in [9.17, 15) is 24.3 Å². The molecule has 0 aromatic rings. The minimum atomic E-state index is -4.63. The molecule has 0 radical (unpaired) electrons. The summed E-state index contributed by atoms with van der Waals surface area (Å²) in [5.74, 6) is -0.931. The van der Waals surface area contributed by atoms with Gasteiger partial charge in [0.25, 0.3) is 7.82 Å². The van der Waals surface area contributed by atoms with Crippen molar-refractivity contribution in [2.75, 3.05) is 47.5 Å². The molecular formula is C33H64NNaO10P+. The van der Waals surface area contributed by atoms with E-state index in [1.54, 1.807) is 0 Å². The smallest absolute Gasteiger partial charge is 0.756 e. The Morgan fingerprint density at radius 2 is 1.22 bits per heavy atom. The van der Waals surface area contributed by atoms with Gasteiger partial charge in [-0.05, 0) is 19.3 Å². The molecule has 0 fully saturated rings. The van der Waals surface area contributed by atoms with Gasteiger partial charge in [0.05, 0.1) is 34.2 Å². The van der Waals surface area contributed by atoms with Crippen LogP contribution in [0.5, 0.6) is 0 Å². The van der Waals surface area contributed by atoms with Crippen LogP contribution in [0.4, 0.5) is 0 Å². The van der Waals surface area contributed by atoms with Crippen molar-refractivity contribution in [3.05, 3.63) is 0 Å². The Kier molecular flexibility index (Phi) is 32.8. The number of hydrogen-bond acceptors (Lipinski definition) is 9. The number of hydrogen-bond donors (Lipinski definition) is 0. The van der Waals surface area contributed by atoms with Gasteiger partial charge in [-0.1, -0.05) is 103 Å². The minimum absolute atomic E-state index is 0. The number of ether oxygens (including phenoxy) is 2. The first-order valence-electron chi connectivity index (χ1n) is 17.3. The van der Waals surface area contributed by atoms with Gasteiger partial charge in [-0.15, -0.1) is 0 Å². The van der Waals surface area contributed by atoms with Gasteiger partial charge in [-0.3, -0.25) is 14.2 Å². The molecule has 0 aromatic heterocycles. The Labute approximate surface area is 301 Å². The number of likely N-dealkylation sites (N-methyl/N-ethyl adjacent to an activating group) is 1. The van der Waals surface area contributed by atoms with Crippen molar-refractivity contribution < 1.29 is 81.4 Å². The number of esters is 2. The van der Waals surface area contributed by atoms with E-state index in [1.807, 2.05) is 21.1 Å². The summed E-state index contributed by atoms with van der Waals surface area (Å²) in [5, 5.41) is 9.95. The molecule has 0 aliphatic heterocycles. The van der Waals surface area contributed by atoms with E-state index in [1.165, 1.54) is 70.5 Å². The molecule has 2 atom stereocenters.